The molecule has 7 heteroatoms. The Bertz CT molecular complexity index is 1190. The Morgan fingerprint density at radius 3 is 2.61 bits per heavy atom. The third kappa shape index (κ3) is 2.50. The van der Waals surface area contributed by atoms with Crippen LogP contribution in [0, 0.1) is 22.7 Å². The quantitative estimate of drug-likeness (QED) is 0.702. The molecule has 3 aromatic rings. The van der Waals surface area contributed by atoms with Gasteiger partial charge in [-0.1, -0.05) is 24.3 Å². The maximum Gasteiger partial charge on any atom is 0.343 e. The summed E-state index contributed by atoms with van der Waals surface area (Å²) in [6, 6.07) is 14.2. The summed E-state index contributed by atoms with van der Waals surface area (Å²) < 4.78 is 22.0. The summed E-state index contributed by atoms with van der Waals surface area (Å²) in [4.78, 5) is 12.9. The Balaban J connectivity index is 2.09. The van der Waals surface area contributed by atoms with Crippen molar-refractivity contribution in [1.82, 2.24) is 0 Å². The van der Waals surface area contributed by atoms with Gasteiger partial charge in [0.1, 0.15) is 11.5 Å². The van der Waals surface area contributed by atoms with E-state index in [4.69, 9.17) is 24.0 Å². The Labute approximate surface area is 160 Å². The van der Waals surface area contributed by atoms with Gasteiger partial charge >= 0.3 is 5.63 Å². The van der Waals surface area contributed by atoms with Crippen molar-refractivity contribution in [2.45, 2.75) is 5.92 Å². The predicted molar refractivity (Wildman–Crippen MR) is 101 cm³/mol. The lowest BCUT2D eigenvalue weighted by Gasteiger charge is -2.30. The van der Waals surface area contributed by atoms with Crippen molar-refractivity contribution in [3.63, 3.8) is 0 Å². The Kier molecular flexibility index (Phi) is 4.24. The molecule has 7 nitrogen and oxygen atoms in total. The molecule has 0 fully saturated rings. The minimum absolute atomic E-state index is 0.188. The third-order valence-electron chi connectivity index (χ3n) is 4.85. The molecular weight excluding hydrogens is 360 g/mol. The van der Waals surface area contributed by atoms with Gasteiger partial charge in [0.15, 0.2) is 17.2 Å². The minimum atomic E-state index is -1.02. The van der Waals surface area contributed by atoms with E-state index in [1.165, 1.54) is 14.2 Å². The normalized spacial score (nSPS) is 18.1. The molecule has 1 aliphatic heterocycles. The van der Waals surface area contributed by atoms with Crippen LogP contribution in [0.5, 0.6) is 17.2 Å². The molecule has 1 aromatic heterocycles. The molecule has 1 N–H and O–H groups in total. The molecule has 0 saturated carbocycles. The van der Waals surface area contributed by atoms with Gasteiger partial charge in [-0.2, -0.15) is 5.26 Å². The molecule has 0 amide bonds. The van der Waals surface area contributed by atoms with Crippen molar-refractivity contribution in [1.29, 1.82) is 10.7 Å². The van der Waals surface area contributed by atoms with Gasteiger partial charge in [0.2, 0.25) is 5.90 Å². The molecule has 28 heavy (non-hydrogen) atoms. The fourth-order valence-corrected chi connectivity index (χ4v) is 3.63. The highest BCUT2D eigenvalue weighted by Gasteiger charge is 2.42. The SMILES string of the molecule is COc1cccc(C2c3c(c4ccccc4oc3=O)OC(=N)C2C#N)c1OC. The summed E-state index contributed by atoms with van der Waals surface area (Å²) in [7, 11) is 2.99. The van der Waals surface area contributed by atoms with Crippen molar-refractivity contribution in [3.8, 4) is 23.3 Å². The first-order valence-electron chi connectivity index (χ1n) is 8.53. The number of hydrogen-bond acceptors (Lipinski definition) is 7. The molecule has 2 atom stereocenters. The van der Waals surface area contributed by atoms with Crippen molar-refractivity contribution < 1.29 is 18.6 Å². The summed E-state index contributed by atoms with van der Waals surface area (Å²) in [5.41, 5.74) is 0.472. The molecule has 0 saturated heterocycles. The van der Waals surface area contributed by atoms with E-state index in [-0.39, 0.29) is 17.2 Å². The topological polar surface area (TPSA) is 106 Å². The number of para-hydroxylation sites is 2. The average molecular weight is 376 g/mol. The lowest BCUT2D eigenvalue weighted by atomic mass is 9.79. The van der Waals surface area contributed by atoms with Crippen LogP contribution in [0.25, 0.3) is 11.0 Å². The van der Waals surface area contributed by atoms with Gasteiger partial charge in [0, 0.05) is 11.5 Å². The van der Waals surface area contributed by atoms with E-state index in [1.54, 1.807) is 42.5 Å². The van der Waals surface area contributed by atoms with Gasteiger partial charge in [0.05, 0.1) is 31.2 Å². The highest BCUT2D eigenvalue weighted by molar-refractivity contribution is 5.93. The van der Waals surface area contributed by atoms with Crippen molar-refractivity contribution in [2.75, 3.05) is 14.2 Å². The summed E-state index contributed by atoms with van der Waals surface area (Å²) in [5, 5.41) is 18.6. The molecule has 4 rings (SSSR count). The zero-order valence-corrected chi connectivity index (χ0v) is 15.2. The number of ether oxygens (including phenoxy) is 3. The van der Waals surface area contributed by atoms with Crippen molar-refractivity contribution >= 4 is 16.9 Å². The van der Waals surface area contributed by atoms with Crippen molar-refractivity contribution in [3.05, 3.63) is 64.0 Å². The van der Waals surface area contributed by atoms with Gasteiger partial charge in [-0.3, -0.25) is 5.41 Å². The molecular formula is C21H16N2O5. The zero-order valence-electron chi connectivity index (χ0n) is 15.2. The number of methoxy groups -OCH3 is 2. The predicted octanol–water partition coefficient (Wildman–Crippen LogP) is 3.45. The van der Waals surface area contributed by atoms with Crippen LogP contribution in [0.3, 0.4) is 0 Å². The van der Waals surface area contributed by atoms with Crippen LogP contribution in [0.1, 0.15) is 17.0 Å². The number of nitrogens with one attached hydrogen (secondary N) is 1. The maximum absolute atomic E-state index is 12.9. The number of nitriles is 1. The number of hydrogen-bond donors (Lipinski definition) is 1. The summed E-state index contributed by atoms with van der Waals surface area (Å²) in [6.07, 6.45) is 0. The van der Waals surface area contributed by atoms with Crippen LogP contribution in [0.15, 0.2) is 51.7 Å². The second-order valence-corrected chi connectivity index (χ2v) is 6.26. The van der Waals surface area contributed by atoms with Crippen LogP contribution in [-0.2, 0) is 0 Å². The van der Waals surface area contributed by atoms with E-state index in [0.717, 1.165) is 0 Å². The van der Waals surface area contributed by atoms with Crippen LogP contribution < -0.4 is 19.8 Å². The standard InChI is InChI=1S/C21H16N2O5/c1-25-15-9-5-7-12(18(15)26-2)16-13(10-22)20(23)28-19-11-6-3-4-8-14(11)27-21(24)17(16)19/h3-9,13,16,23H,1-2H3. The first kappa shape index (κ1) is 17.6. The highest BCUT2D eigenvalue weighted by atomic mass is 16.5. The van der Waals surface area contributed by atoms with E-state index in [1.807, 2.05) is 0 Å². The zero-order chi connectivity index (χ0) is 19.8. The van der Waals surface area contributed by atoms with Gasteiger partial charge in [-0.25, -0.2) is 4.79 Å². The average Bonchev–Trinajstić information content (AvgIpc) is 2.72. The fraction of sp³-hybridized carbons (Fsp3) is 0.190. The van der Waals surface area contributed by atoms with Crippen LogP contribution in [0.4, 0.5) is 0 Å². The number of nitrogens with zero attached hydrogens (tertiary/aromatic N) is 1. The van der Waals surface area contributed by atoms with Gasteiger partial charge in [0.25, 0.3) is 0 Å². The van der Waals surface area contributed by atoms with Gasteiger partial charge in [-0.15, -0.1) is 0 Å². The minimum Gasteiger partial charge on any atom is -0.493 e. The van der Waals surface area contributed by atoms with E-state index in [2.05, 4.69) is 6.07 Å². The second kappa shape index (κ2) is 6.74. The van der Waals surface area contributed by atoms with E-state index >= 15 is 0 Å². The molecule has 0 radical (unpaired) electrons. The Hall–Kier alpha value is -3.79. The van der Waals surface area contributed by atoms with Crippen molar-refractivity contribution in [2.24, 2.45) is 5.92 Å². The fourth-order valence-electron chi connectivity index (χ4n) is 3.63. The molecule has 2 unspecified atom stereocenters. The van der Waals surface area contributed by atoms with Crippen LogP contribution in [0.2, 0.25) is 0 Å². The molecule has 0 bridgehead atoms. The number of benzene rings is 2. The molecule has 0 spiro atoms. The largest absolute Gasteiger partial charge is 0.493 e. The highest BCUT2D eigenvalue weighted by Crippen LogP contribution is 2.47. The van der Waals surface area contributed by atoms with Gasteiger partial charge < -0.3 is 18.6 Å². The molecule has 140 valence electrons. The first-order chi connectivity index (χ1) is 13.6. The molecule has 2 aromatic carbocycles. The monoisotopic (exact) mass is 376 g/mol. The first-order valence-corrected chi connectivity index (χ1v) is 8.53. The smallest absolute Gasteiger partial charge is 0.343 e. The summed E-state index contributed by atoms with van der Waals surface area (Å²) in [6.45, 7) is 0. The summed E-state index contributed by atoms with van der Waals surface area (Å²) in [5.74, 6) is -0.964. The molecule has 1 aliphatic rings. The molecule has 2 heterocycles. The number of fused-ring (bicyclic) bond motifs is 3. The molecule has 0 aliphatic carbocycles. The maximum atomic E-state index is 12.9. The summed E-state index contributed by atoms with van der Waals surface area (Å²) >= 11 is 0. The van der Waals surface area contributed by atoms with Gasteiger partial charge in [-0.05, 0) is 18.2 Å². The third-order valence-corrected chi connectivity index (χ3v) is 4.85. The van der Waals surface area contributed by atoms with E-state index < -0.39 is 17.5 Å². The van der Waals surface area contributed by atoms with Crippen LogP contribution >= 0.6 is 0 Å². The van der Waals surface area contributed by atoms with E-state index in [0.29, 0.717) is 28.0 Å². The van der Waals surface area contributed by atoms with E-state index in [9.17, 15) is 10.1 Å². The lowest BCUT2D eigenvalue weighted by molar-refractivity contribution is 0.346. The lowest BCUT2D eigenvalue weighted by Crippen LogP contribution is -2.34. The van der Waals surface area contributed by atoms with Crippen LogP contribution in [-0.4, -0.2) is 20.1 Å². The Morgan fingerprint density at radius 1 is 1.11 bits per heavy atom. The second-order valence-electron chi connectivity index (χ2n) is 6.26. The Morgan fingerprint density at radius 2 is 1.89 bits per heavy atom. The number of rotatable bonds is 3.